The van der Waals surface area contributed by atoms with Gasteiger partial charge in [0.15, 0.2) is 0 Å². The van der Waals surface area contributed by atoms with Gasteiger partial charge in [0, 0.05) is 23.3 Å². The van der Waals surface area contributed by atoms with Crippen LogP contribution in [0.25, 0.3) is 0 Å². The molecule has 0 heterocycles. The average molecular weight is 429 g/mol. The van der Waals surface area contributed by atoms with Gasteiger partial charge in [-0.15, -0.1) is 0 Å². The summed E-state index contributed by atoms with van der Waals surface area (Å²) in [6.07, 6.45) is 2.08. The standard InChI is InChI=1S/C24H48N2O4/c1-18(2)19(27)21(3,4)17-22(5,6)20(28)26-14-16-30-24(9,10)12-15-29-23(7,8)11-13-25/h18H,11-17,25H2,1-10H3,(H,26,28). The zero-order valence-electron chi connectivity index (χ0n) is 21.2. The predicted octanol–water partition coefficient (Wildman–Crippen LogP) is 4.10. The molecule has 0 aliphatic heterocycles. The first-order chi connectivity index (χ1) is 13.5. The Labute approximate surface area is 185 Å². The molecule has 0 rings (SSSR count). The van der Waals surface area contributed by atoms with Crippen LogP contribution >= 0.6 is 0 Å². The molecule has 0 unspecified atom stereocenters. The van der Waals surface area contributed by atoms with E-state index in [1.807, 2.05) is 69.2 Å². The van der Waals surface area contributed by atoms with Gasteiger partial charge in [-0.2, -0.15) is 0 Å². The van der Waals surface area contributed by atoms with Crippen molar-refractivity contribution in [3.8, 4) is 0 Å². The van der Waals surface area contributed by atoms with E-state index < -0.39 is 10.8 Å². The van der Waals surface area contributed by atoms with Gasteiger partial charge in [0.25, 0.3) is 0 Å². The molecule has 0 aromatic carbocycles. The van der Waals surface area contributed by atoms with E-state index in [0.717, 1.165) is 12.8 Å². The van der Waals surface area contributed by atoms with Gasteiger partial charge in [-0.3, -0.25) is 9.59 Å². The molecule has 1 amide bonds. The second kappa shape index (κ2) is 11.6. The third-order valence-corrected chi connectivity index (χ3v) is 5.51. The Bertz CT molecular complexity index is 551. The zero-order valence-corrected chi connectivity index (χ0v) is 21.2. The third kappa shape index (κ3) is 10.9. The van der Waals surface area contributed by atoms with Gasteiger partial charge in [-0.1, -0.05) is 41.5 Å². The van der Waals surface area contributed by atoms with Gasteiger partial charge in [0.2, 0.25) is 5.91 Å². The summed E-state index contributed by atoms with van der Waals surface area (Å²) in [7, 11) is 0. The highest BCUT2D eigenvalue weighted by atomic mass is 16.5. The number of ketones is 1. The van der Waals surface area contributed by atoms with E-state index in [4.69, 9.17) is 15.2 Å². The van der Waals surface area contributed by atoms with E-state index in [2.05, 4.69) is 5.32 Å². The van der Waals surface area contributed by atoms with Crippen LogP contribution in [0.4, 0.5) is 0 Å². The molecule has 3 N–H and O–H groups in total. The van der Waals surface area contributed by atoms with E-state index in [0.29, 0.717) is 32.7 Å². The Kier molecular flexibility index (Phi) is 11.2. The van der Waals surface area contributed by atoms with Crippen molar-refractivity contribution in [1.82, 2.24) is 5.32 Å². The van der Waals surface area contributed by atoms with Crippen LogP contribution < -0.4 is 11.1 Å². The Morgan fingerprint density at radius 1 is 0.833 bits per heavy atom. The first kappa shape index (κ1) is 29.0. The van der Waals surface area contributed by atoms with Crippen LogP contribution in [0.15, 0.2) is 0 Å². The van der Waals surface area contributed by atoms with E-state index in [1.54, 1.807) is 0 Å². The predicted molar refractivity (Wildman–Crippen MR) is 123 cm³/mol. The molecular formula is C24H48N2O4. The van der Waals surface area contributed by atoms with Gasteiger partial charge in [-0.25, -0.2) is 0 Å². The van der Waals surface area contributed by atoms with Crippen LogP contribution in [0.2, 0.25) is 0 Å². The number of hydrogen-bond donors (Lipinski definition) is 2. The van der Waals surface area contributed by atoms with E-state index >= 15 is 0 Å². The molecular weight excluding hydrogens is 380 g/mol. The Morgan fingerprint density at radius 3 is 1.83 bits per heavy atom. The van der Waals surface area contributed by atoms with Crippen LogP contribution in [-0.4, -0.2) is 49.2 Å². The van der Waals surface area contributed by atoms with Gasteiger partial charge in [-0.05, 0) is 53.5 Å². The summed E-state index contributed by atoms with van der Waals surface area (Å²) in [6, 6.07) is 0. The highest BCUT2D eigenvalue weighted by Gasteiger charge is 2.39. The molecule has 6 nitrogen and oxygen atoms in total. The lowest BCUT2D eigenvalue weighted by atomic mass is 9.70. The van der Waals surface area contributed by atoms with Crippen molar-refractivity contribution in [2.24, 2.45) is 22.5 Å². The van der Waals surface area contributed by atoms with Crippen molar-refractivity contribution < 1.29 is 19.1 Å². The summed E-state index contributed by atoms with van der Waals surface area (Å²) in [5.41, 5.74) is 3.87. The highest BCUT2D eigenvalue weighted by molar-refractivity contribution is 5.88. The Morgan fingerprint density at radius 2 is 1.33 bits per heavy atom. The summed E-state index contributed by atoms with van der Waals surface area (Å²) in [6.45, 7) is 21.6. The minimum absolute atomic E-state index is 0.0423. The molecule has 6 heteroatoms. The van der Waals surface area contributed by atoms with Crippen molar-refractivity contribution in [2.75, 3.05) is 26.3 Å². The lowest BCUT2D eigenvalue weighted by Gasteiger charge is -2.34. The molecule has 0 atom stereocenters. The molecule has 0 bridgehead atoms. The maximum Gasteiger partial charge on any atom is 0.225 e. The van der Waals surface area contributed by atoms with E-state index in [1.165, 1.54) is 0 Å². The fourth-order valence-electron chi connectivity index (χ4n) is 3.85. The van der Waals surface area contributed by atoms with Crippen LogP contribution in [0.1, 0.15) is 88.5 Å². The second-order valence-electron chi connectivity index (χ2n) is 11.2. The molecule has 0 saturated carbocycles. The number of amides is 1. The zero-order chi connectivity index (χ0) is 23.8. The molecule has 0 radical (unpaired) electrons. The van der Waals surface area contributed by atoms with E-state index in [9.17, 15) is 9.59 Å². The number of rotatable bonds is 15. The fourth-order valence-corrected chi connectivity index (χ4v) is 3.85. The summed E-state index contributed by atoms with van der Waals surface area (Å²) >= 11 is 0. The smallest absolute Gasteiger partial charge is 0.225 e. The molecule has 0 aromatic rings. The number of hydrogen-bond acceptors (Lipinski definition) is 5. The van der Waals surface area contributed by atoms with Crippen molar-refractivity contribution in [3.05, 3.63) is 0 Å². The lowest BCUT2D eigenvalue weighted by Crippen LogP contribution is -2.43. The summed E-state index contributed by atoms with van der Waals surface area (Å²) in [5.74, 6) is 0.0880. The summed E-state index contributed by atoms with van der Waals surface area (Å²) in [5, 5.41) is 2.96. The number of carbonyl (C=O) groups is 2. The van der Waals surface area contributed by atoms with Crippen LogP contribution in [0.5, 0.6) is 0 Å². The fraction of sp³-hybridized carbons (Fsp3) is 0.917. The van der Waals surface area contributed by atoms with Crippen LogP contribution in [-0.2, 0) is 19.1 Å². The maximum atomic E-state index is 12.7. The topological polar surface area (TPSA) is 90.7 Å². The number of Topliss-reactive ketones (excluding diaryl/α,β-unsaturated/α-hetero) is 1. The summed E-state index contributed by atoms with van der Waals surface area (Å²) in [4.78, 5) is 25.1. The first-order valence-corrected chi connectivity index (χ1v) is 11.3. The first-order valence-electron chi connectivity index (χ1n) is 11.3. The molecule has 0 spiro atoms. The molecule has 0 fully saturated rings. The quantitative estimate of drug-likeness (QED) is 0.383. The minimum Gasteiger partial charge on any atom is -0.375 e. The van der Waals surface area contributed by atoms with Gasteiger partial charge < -0.3 is 20.5 Å². The second-order valence-corrected chi connectivity index (χ2v) is 11.2. The molecule has 30 heavy (non-hydrogen) atoms. The Hall–Kier alpha value is -0.980. The molecule has 178 valence electrons. The number of ether oxygens (including phenoxy) is 2. The van der Waals surface area contributed by atoms with Crippen LogP contribution in [0.3, 0.4) is 0 Å². The molecule has 0 aliphatic rings. The van der Waals surface area contributed by atoms with Crippen LogP contribution in [0, 0.1) is 16.7 Å². The van der Waals surface area contributed by atoms with Crippen molar-refractivity contribution in [3.63, 3.8) is 0 Å². The number of carbonyl (C=O) groups excluding carboxylic acids is 2. The Balaban J connectivity index is 4.44. The van der Waals surface area contributed by atoms with Crippen molar-refractivity contribution >= 4 is 11.7 Å². The minimum atomic E-state index is -0.633. The highest BCUT2D eigenvalue weighted by Crippen LogP contribution is 2.36. The van der Waals surface area contributed by atoms with Gasteiger partial charge >= 0.3 is 0 Å². The normalized spacial score (nSPS) is 13.6. The monoisotopic (exact) mass is 428 g/mol. The molecule has 0 aliphatic carbocycles. The maximum absolute atomic E-state index is 12.7. The largest absolute Gasteiger partial charge is 0.375 e. The van der Waals surface area contributed by atoms with Gasteiger partial charge in [0.1, 0.15) is 5.78 Å². The molecule has 0 saturated heterocycles. The third-order valence-electron chi connectivity index (χ3n) is 5.51. The van der Waals surface area contributed by atoms with Gasteiger partial charge in [0.05, 0.1) is 24.4 Å². The lowest BCUT2D eigenvalue weighted by molar-refractivity contribution is -0.136. The average Bonchev–Trinajstić information content (AvgIpc) is 2.56. The summed E-state index contributed by atoms with van der Waals surface area (Å²) < 4.78 is 11.9. The molecule has 0 aromatic heterocycles. The number of nitrogens with two attached hydrogens (primary N) is 1. The van der Waals surface area contributed by atoms with E-state index in [-0.39, 0.29) is 28.8 Å². The van der Waals surface area contributed by atoms with Crippen molar-refractivity contribution in [2.45, 2.75) is 99.7 Å². The number of nitrogens with one attached hydrogen (secondary N) is 1. The SMILES string of the molecule is CC(C)C(=O)C(C)(C)CC(C)(C)C(=O)NCCOC(C)(C)CCOC(C)(C)CCN. The van der Waals surface area contributed by atoms with Crippen molar-refractivity contribution in [1.29, 1.82) is 0 Å².